The van der Waals surface area contributed by atoms with Crippen LogP contribution < -0.4 is 4.74 Å². The van der Waals surface area contributed by atoms with Crippen molar-refractivity contribution in [3.63, 3.8) is 0 Å². The maximum absolute atomic E-state index is 9.97. The smallest absolute Gasteiger partial charge is 0.125 e. The minimum atomic E-state index is -0.514. The van der Waals surface area contributed by atoms with Crippen LogP contribution in [0.25, 0.3) is 0 Å². The molecule has 1 N–H and O–H groups in total. The molecule has 0 amide bonds. The van der Waals surface area contributed by atoms with E-state index >= 15 is 0 Å². The Bertz CT molecular complexity index is 584. The summed E-state index contributed by atoms with van der Waals surface area (Å²) in [6.45, 7) is 2.31. The summed E-state index contributed by atoms with van der Waals surface area (Å²) >= 11 is 11.8. The van der Waals surface area contributed by atoms with Crippen molar-refractivity contribution >= 4 is 23.2 Å². The summed E-state index contributed by atoms with van der Waals surface area (Å²) in [6, 6.07) is 12.9. The Morgan fingerprint density at radius 3 is 2.55 bits per heavy atom. The van der Waals surface area contributed by atoms with Gasteiger partial charge in [0.25, 0.3) is 0 Å². The zero-order valence-electron chi connectivity index (χ0n) is 11.1. The molecule has 0 aliphatic heterocycles. The predicted octanol–water partition coefficient (Wildman–Crippen LogP) is 5.02. The van der Waals surface area contributed by atoms with Gasteiger partial charge in [0.05, 0.1) is 16.1 Å². The van der Waals surface area contributed by atoms with Gasteiger partial charge in [-0.25, -0.2) is 0 Å². The highest BCUT2D eigenvalue weighted by atomic mass is 35.5. The average molecular weight is 311 g/mol. The number of hydrogen-bond donors (Lipinski definition) is 1. The van der Waals surface area contributed by atoms with E-state index in [0.29, 0.717) is 28.8 Å². The molecule has 2 rings (SSSR count). The summed E-state index contributed by atoms with van der Waals surface area (Å²) in [5.74, 6) is 0.688. The monoisotopic (exact) mass is 310 g/mol. The van der Waals surface area contributed by atoms with Gasteiger partial charge in [0.1, 0.15) is 12.4 Å². The second kappa shape index (κ2) is 6.98. The van der Waals surface area contributed by atoms with Gasteiger partial charge in [0.2, 0.25) is 0 Å². The van der Waals surface area contributed by atoms with Crippen LogP contribution in [0.5, 0.6) is 5.75 Å². The van der Waals surface area contributed by atoms with Crippen LogP contribution in [0.4, 0.5) is 0 Å². The molecule has 2 aromatic carbocycles. The van der Waals surface area contributed by atoms with Crippen LogP contribution >= 0.6 is 23.2 Å². The first kappa shape index (κ1) is 15.2. The number of hydrogen-bond acceptors (Lipinski definition) is 2. The van der Waals surface area contributed by atoms with Gasteiger partial charge in [-0.15, -0.1) is 0 Å². The van der Waals surface area contributed by atoms with Crippen LogP contribution in [0.3, 0.4) is 0 Å². The number of halogens is 2. The minimum absolute atomic E-state index is 0.379. The molecule has 1 atom stereocenters. The summed E-state index contributed by atoms with van der Waals surface area (Å²) in [5, 5.41) is 11.0. The first-order valence-corrected chi connectivity index (χ1v) is 7.21. The van der Waals surface area contributed by atoms with E-state index in [1.807, 2.05) is 37.3 Å². The first-order valence-electron chi connectivity index (χ1n) is 6.45. The molecular formula is C16H16Cl2O2. The van der Waals surface area contributed by atoms with Crippen molar-refractivity contribution in [2.45, 2.75) is 26.1 Å². The number of aliphatic hydroxyl groups excluding tert-OH is 1. The van der Waals surface area contributed by atoms with E-state index in [1.165, 1.54) is 0 Å². The maximum atomic E-state index is 9.97. The quantitative estimate of drug-likeness (QED) is 0.840. The standard InChI is InChI=1S/C16H16Cl2O2/c1-2-15(19)12-5-3-4-6-16(12)20-10-11-7-8-13(17)14(18)9-11/h3-9,15,19H,2,10H2,1H3. The Balaban J connectivity index is 2.12. The Morgan fingerprint density at radius 1 is 1.10 bits per heavy atom. The molecule has 0 fully saturated rings. The van der Waals surface area contributed by atoms with E-state index in [4.69, 9.17) is 27.9 Å². The maximum Gasteiger partial charge on any atom is 0.125 e. The molecule has 0 aromatic heterocycles. The highest BCUT2D eigenvalue weighted by Crippen LogP contribution is 2.28. The summed E-state index contributed by atoms with van der Waals surface area (Å²) < 4.78 is 5.78. The number of ether oxygens (including phenoxy) is 1. The topological polar surface area (TPSA) is 29.5 Å². The molecule has 4 heteroatoms. The molecule has 0 bridgehead atoms. The summed E-state index contributed by atoms with van der Waals surface area (Å²) in [7, 11) is 0. The Labute approximate surface area is 128 Å². The van der Waals surface area contributed by atoms with Crippen molar-refractivity contribution in [1.82, 2.24) is 0 Å². The zero-order chi connectivity index (χ0) is 14.5. The Hall–Kier alpha value is -1.22. The third-order valence-corrected chi connectivity index (χ3v) is 3.78. The molecule has 2 aromatic rings. The van der Waals surface area contributed by atoms with Crippen molar-refractivity contribution < 1.29 is 9.84 Å². The van der Waals surface area contributed by atoms with E-state index in [2.05, 4.69) is 0 Å². The number of benzene rings is 2. The van der Waals surface area contributed by atoms with Crippen molar-refractivity contribution in [3.8, 4) is 5.75 Å². The molecular weight excluding hydrogens is 295 g/mol. The molecule has 0 saturated carbocycles. The van der Waals surface area contributed by atoms with Crippen LogP contribution in [0.1, 0.15) is 30.6 Å². The molecule has 1 unspecified atom stereocenters. The van der Waals surface area contributed by atoms with E-state index in [0.717, 1.165) is 11.1 Å². The van der Waals surface area contributed by atoms with Crippen molar-refractivity contribution in [1.29, 1.82) is 0 Å². The van der Waals surface area contributed by atoms with Gasteiger partial charge in [0.15, 0.2) is 0 Å². The molecule has 0 aliphatic carbocycles. The number of aliphatic hydroxyl groups is 1. The highest BCUT2D eigenvalue weighted by Gasteiger charge is 2.11. The number of rotatable bonds is 5. The van der Waals surface area contributed by atoms with Gasteiger partial charge in [-0.1, -0.05) is 54.4 Å². The molecule has 106 valence electrons. The SMILES string of the molecule is CCC(O)c1ccccc1OCc1ccc(Cl)c(Cl)c1. The lowest BCUT2D eigenvalue weighted by Gasteiger charge is -2.15. The van der Waals surface area contributed by atoms with E-state index in [-0.39, 0.29) is 0 Å². The van der Waals surface area contributed by atoms with Crippen molar-refractivity contribution in [2.75, 3.05) is 0 Å². The van der Waals surface area contributed by atoms with Crippen LogP contribution in [-0.2, 0) is 6.61 Å². The lowest BCUT2D eigenvalue weighted by Crippen LogP contribution is -2.02. The predicted molar refractivity (Wildman–Crippen MR) is 82.5 cm³/mol. The fourth-order valence-corrected chi connectivity index (χ4v) is 2.22. The molecule has 0 radical (unpaired) electrons. The zero-order valence-corrected chi connectivity index (χ0v) is 12.7. The van der Waals surface area contributed by atoms with Gasteiger partial charge in [-0.3, -0.25) is 0 Å². The van der Waals surface area contributed by atoms with Gasteiger partial charge in [0, 0.05) is 5.56 Å². The largest absolute Gasteiger partial charge is 0.489 e. The van der Waals surface area contributed by atoms with Gasteiger partial charge in [-0.05, 0) is 30.2 Å². The van der Waals surface area contributed by atoms with Gasteiger partial charge < -0.3 is 9.84 Å². The molecule has 0 spiro atoms. The average Bonchev–Trinajstić information content (AvgIpc) is 2.48. The molecule has 0 aliphatic rings. The van der Waals surface area contributed by atoms with E-state index in [1.54, 1.807) is 12.1 Å². The number of para-hydroxylation sites is 1. The third kappa shape index (κ3) is 3.66. The summed E-state index contributed by atoms with van der Waals surface area (Å²) in [4.78, 5) is 0. The second-order valence-corrected chi connectivity index (χ2v) is 5.31. The summed E-state index contributed by atoms with van der Waals surface area (Å²) in [6.07, 6.45) is 0.132. The van der Waals surface area contributed by atoms with Crippen LogP contribution in [0.15, 0.2) is 42.5 Å². The summed E-state index contributed by atoms with van der Waals surface area (Å²) in [5.41, 5.74) is 1.73. The van der Waals surface area contributed by atoms with Crippen molar-refractivity contribution in [2.24, 2.45) is 0 Å². The highest BCUT2D eigenvalue weighted by molar-refractivity contribution is 6.42. The van der Waals surface area contributed by atoms with Crippen LogP contribution in [0.2, 0.25) is 10.0 Å². The Kier molecular flexibility index (Phi) is 5.30. The fourth-order valence-electron chi connectivity index (χ4n) is 1.90. The van der Waals surface area contributed by atoms with Gasteiger partial charge in [-0.2, -0.15) is 0 Å². The normalized spacial score (nSPS) is 12.2. The lowest BCUT2D eigenvalue weighted by molar-refractivity contribution is 0.166. The second-order valence-electron chi connectivity index (χ2n) is 4.50. The minimum Gasteiger partial charge on any atom is -0.489 e. The molecule has 0 heterocycles. The first-order chi connectivity index (χ1) is 9.61. The van der Waals surface area contributed by atoms with E-state index < -0.39 is 6.10 Å². The van der Waals surface area contributed by atoms with Crippen LogP contribution in [-0.4, -0.2) is 5.11 Å². The molecule has 0 saturated heterocycles. The Morgan fingerprint density at radius 2 is 1.85 bits per heavy atom. The van der Waals surface area contributed by atoms with E-state index in [9.17, 15) is 5.11 Å². The molecule has 2 nitrogen and oxygen atoms in total. The molecule has 20 heavy (non-hydrogen) atoms. The third-order valence-electron chi connectivity index (χ3n) is 3.04. The lowest BCUT2D eigenvalue weighted by atomic mass is 10.1. The van der Waals surface area contributed by atoms with Gasteiger partial charge >= 0.3 is 0 Å². The van der Waals surface area contributed by atoms with Crippen LogP contribution in [0, 0.1) is 0 Å². The van der Waals surface area contributed by atoms with Crippen molar-refractivity contribution in [3.05, 3.63) is 63.6 Å². The fraction of sp³-hybridized carbons (Fsp3) is 0.250.